The van der Waals surface area contributed by atoms with E-state index in [0.717, 1.165) is 16.2 Å². The number of amides is 1. The predicted octanol–water partition coefficient (Wildman–Crippen LogP) is 4.01. The van der Waals surface area contributed by atoms with Gasteiger partial charge in [0.15, 0.2) is 9.60 Å². The first-order valence-corrected chi connectivity index (χ1v) is 7.85. The molecule has 1 N–H and O–H groups in total. The van der Waals surface area contributed by atoms with Crippen molar-refractivity contribution in [2.75, 3.05) is 5.32 Å². The van der Waals surface area contributed by atoms with Crippen LogP contribution in [0.2, 0.25) is 4.47 Å². The van der Waals surface area contributed by atoms with Gasteiger partial charge in [0.25, 0.3) is 5.91 Å². The average Bonchev–Trinajstić information content (AvgIpc) is 2.84. The number of rotatable bonds is 4. The Morgan fingerprint density at radius 1 is 1.47 bits per heavy atom. The topological polar surface area (TPSA) is 54.9 Å². The van der Waals surface area contributed by atoms with Gasteiger partial charge in [0, 0.05) is 16.0 Å². The van der Waals surface area contributed by atoms with Crippen LogP contribution in [0.25, 0.3) is 0 Å². The fourth-order valence-corrected chi connectivity index (χ4v) is 3.59. The standard InChI is InChI=1S/C12H14ClN3OS2/c1-6(2)4-8-9(15-11(13)19-8)10(17)16-12-14-5-7(3)18-12/h5-6H,4H2,1-3H3,(H,14,16,17). The van der Waals surface area contributed by atoms with E-state index in [1.165, 1.54) is 22.7 Å². The van der Waals surface area contributed by atoms with Crippen molar-refractivity contribution in [3.05, 3.63) is 26.1 Å². The second-order valence-corrected chi connectivity index (χ2v) is 7.47. The van der Waals surface area contributed by atoms with Gasteiger partial charge in [-0.15, -0.1) is 22.7 Å². The summed E-state index contributed by atoms with van der Waals surface area (Å²) in [5, 5.41) is 3.35. The van der Waals surface area contributed by atoms with Crippen LogP contribution in [0, 0.1) is 12.8 Å². The zero-order valence-corrected chi connectivity index (χ0v) is 13.2. The van der Waals surface area contributed by atoms with Crippen LogP contribution in [0.15, 0.2) is 6.20 Å². The highest BCUT2D eigenvalue weighted by Crippen LogP contribution is 2.26. The van der Waals surface area contributed by atoms with Crippen LogP contribution in [-0.2, 0) is 6.42 Å². The van der Waals surface area contributed by atoms with Gasteiger partial charge in [-0.3, -0.25) is 10.1 Å². The lowest BCUT2D eigenvalue weighted by atomic mass is 10.1. The quantitative estimate of drug-likeness (QED) is 0.927. The minimum atomic E-state index is -0.242. The molecule has 2 aromatic rings. The Morgan fingerprint density at radius 2 is 2.21 bits per heavy atom. The summed E-state index contributed by atoms with van der Waals surface area (Å²) >= 11 is 8.71. The zero-order valence-electron chi connectivity index (χ0n) is 10.9. The molecule has 0 saturated heterocycles. The van der Waals surface area contributed by atoms with Gasteiger partial charge in [-0.2, -0.15) is 0 Å². The van der Waals surface area contributed by atoms with Gasteiger partial charge in [0.2, 0.25) is 0 Å². The average molecular weight is 316 g/mol. The molecule has 0 aliphatic carbocycles. The maximum atomic E-state index is 12.2. The summed E-state index contributed by atoms with van der Waals surface area (Å²) in [6.45, 7) is 6.14. The normalized spacial score (nSPS) is 11.0. The van der Waals surface area contributed by atoms with E-state index in [9.17, 15) is 4.79 Å². The maximum absolute atomic E-state index is 12.2. The van der Waals surface area contributed by atoms with Crippen LogP contribution in [0.5, 0.6) is 0 Å². The lowest BCUT2D eigenvalue weighted by Gasteiger charge is -2.04. The van der Waals surface area contributed by atoms with Gasteiger partial charge in [0.05, 0.1) is 0 Å². The Labute approximate surface area is 124 Å². The van der Waals surface area contributed by atoms with Gasteiger partial charge >= 0.3 is 0 Å². The summed E-state index contributed by atoms with van der Waals surface area (Å²) in [5.41, 5.74) is 0.413. The van der Waals surface area contributed by atoms with E-state index < -0.39 is 0 Å². The highest BCUT2D eigenvalue weighted by molar-refractivity contribution is 7.16. The molecule has 0 bridgehead atoms. The summed E-state index contributed by atoms with van der Waals surface area (Å²) in [6, 6.07) is 0. The minimum Gasteiger partial charge on any atom is -0.296 e. The SMILES string of the molecule is Cc1cnc(NC(=O)c2nc(Cl)sc2CC(C)C)s1. The third-order valence-corrected chi connectivity index (χ3v) is 4.33. The van der Waals surface area contributed by atoms with Gasteiger partial charge in [0.1, 0.15) is 5.69 Å². The van der Waals surface area contributed by atoms with Crippen molar-refractivity contribution in [1.29, 1.82) is 0 Å². The number of carbonyl (C=O) groups excluding carboxylic acids is 1. The van der Waals surface area contributed by atoms with Crippen molar-refractivity contribution < 1.29 is 4.79 Å². The Hall–Kier alpha value is -0.980. The fourth-order valence-electron chi connectivity index (χ4n) is 1.58. The van der Waals surface area contributed by atoms with E-state index in [2.05, 4.69) is 29.1 Å². The monoisotopic (exact) mass is 315 g/mol. The number of hydrogen-bond donors (Lipinski definition) is 1. The molecular formula is C12H14ClN3OS2. The molecule has 2 rings (SSSR count). The van der Waals surface area contributed by atoms with Crippen LogP contribution in [0.3, 0.4) is 0 Å². The lowest BCUT2D eigenvalue weighted by Crippen LogP contribution is -2.14. The molecule has 0 radical (unpaired) electrons. The Balaban J connectivity index is 2.18. The molecule has 0 fully saturated rings. The first-order chi connectivity index (χ1) is 8.95. The zero-order chi connectivity index (χ0) is 14.0. The summed E-state index contributed by atoms with van der Waals surface area (Å²) in [7, 11) is 0. The number of nitrogens with zero attached hydrogens (tertiary/aromatic N) is 2. The molecule has 0 unspecified atom stereocenters. The smallest absolute Gasteiger partial charge is 0.277 e. The molecule has 19 heavy (non-hydrogen) atoms. The van der Waals surface area contributed by atoms with Crippen molar-refractivity contribution in [1.82, 2.24) is 9.97 Å². The number of thiazole rings is 2. The van der Waals surface area contributed by atoms with Crippen molar-refractivity contribution in [2.45, 2.75) is 27.2 Å². The molecule has 0 spiro atoms. The van der Waals surface area contributed by atoms with Crippen molar-refractivity contribution in [3.63, 3.8) is 0 Å². The lowest BCUT2D eigenvalue weighted by molar-refractivity contribution is 0.102. The van der Waals surface area contributed by atoms with Crippen molar-refractivity contribution in [3.8, 4) is 0 Å². The molecule has 0 aromatic carbocycles. The number of carbonyl (C=O) groups is 1. The van der Waals surface area contributed by atoms with E-state index in [1.807, 2.05) is 6.92 Å². The molecule has 4 nitrogen and oxygen atoms in total. The van der Waals surface area contributed by atoms with E-state index in [1.54, 1.807) is 6.20 Å². The first kappa shape index (κ1) is 14.4. The third-order valence-electron chi connectivity index (χ3n) is 2.32. The molecule has 0 saturated carbocycles. The molecule has 1 amide bonds. The summed E-state index contributed by atoms with van der Waals surface area (Å²) in [6.07, 6.45) is 2.52. The molecule has 102 valence electrons. The van der Waals surface area contributed by atoms with E-state index in [-0.39, 0.29) is 5.91 Å². The Bertz CT molecular complexity index is 592. The second kappa shape index (κ2) is 5.98. The van der Waals surface area contributed by atoms with E-state index in [4.69, 9.17) is 11.6 Å². The molecular weight excluding hydrogens is 302 g/mol. The highest BCUT2D eigenvalue weighted by atomic mass is 35.5. The van der Waals surface area contributed by atoms with E-state index >= 15 is 0 Å². The number of anilines is 1. The maximum Gasteiger partial charge on any atom is 0.277 e. The van der Waals surface area contributed by atoms with Gasteiger partial charge in [-0.25, -0.2) is 9.97 Å². The van der Waals surface area contributed by atoms with Gasteiger partial charge < -0.3 is 0 Å². The summed E-state index contributed by atoms with van der Waals surface area (Å²) < 4.78 is 0.399. The third kappa shape index (κ3) is 3.75. The van der Waals surface area contributed by atoms with Crippen LogP contribution >= 0.6 is 34.3 Å². The number of nitrogens with one attached hydrogen (secondary N) is 1. The van der Waals surface area contributed by atoms with Crippen LogP contribution in [-0.4, -0.2) is 15.9 Å². The summed E-state index contributed by atoms with van der Waals surface area (Å²) in [4.78, 5) is 22.4. The van der Waals surface area contributed by atoms with Gasteiger partial charge in [-0.05, 0) is 19.3 Å². The Kier molecular flexibility index (Phi) is 4.54. The van der Waals surface area contributed by atoms with Crippen molar-refractivity contribution >= 4 is 45.3 Å². The number of hydrogen-bond acceptors (Lipinski definition) is 5. The van der Waals surface area contributed by atoms with Crippen LogP contribution < -0.4 is 5.32 Å². The fraction of sp³-hybridized carbons (Fsp3) is 0.417. The highest BCUT2D eigenvalue weighted by Gasteiger charge is 2.19. The summed E-state index contributed by atoms with van der Waals surface area (Å²) in [5.74, 6) is 0.207. The van der Waals surface area contributed by atoms with Crippen LogP contribution in [0.4, 0.5) is 5.13 Å². The number of halogens is 1. The predicted molar refractivity (Wildman–Crippen MR) is 80.5 cm³/mol. The van der Waals surface area contributed by atoms with Crippen LogP contribution in [0.1, 0.15) is 34.1 Å². The first-order valence-electron chi connectivity index (χ1n) is 5.84. The molecule has 2 heterocycles. The molecule has 0 atom stereocenters. The largest absolute Gasteiger partial charge is 0.296 e. The Morgan fingerprint density at radius 3 is 2.79 bits per heavy atom. The number of aryl methyl sites for hydroxylation is 1. The molecule has 2 aromatic heterocycles. The molecule has 7 heteroatoms. The number of aromatic nitrogens is 2. The van der Waals surface area contributed by atoms with E-state index in [0.29, 0.717) is 21.2 Å². The minimum absolute atomic E-state index is 0.242. The molecule has 0 aliphatic heterocycles. The van der Waals surface area contributed by atoms with Crippen molar-refractivity contribution in [2.24, 2.45) is 5.92 Å². The molecule has 0 aliphatic rings. The second-order valence-electron chi connectivity index (χ2n) is 4.57. The van der Waals surface area contributed by atoms with Gasteiger partial charge in [-0.1, -0.05) is 25.4 Å².